The monoisotopic (exact) mass is 388 g/mol. The van der Waals surface area contributed by atoms with Crippen LogP contribution < -0.4 is 10.6 Å². The van der Waals surface area contributed by atoms with E-state index in [1.54, 1.807) is 6.07 Å². The Hall–Kier alpha value is -1.98. The molecule has 1 unspecified atom stereocenters. The van der Waals surface area contributed by atoms with Crippen molar-refractivity contribution in [1.82, 2.24) is 0 Å². The second-order valence-corrected chi connectivity index (χ2v) is 8.27. The maximum atomic E-state index is 12.4. The van der Waals surface area contributed by atoms with E-state index in [0.29, 0.717) is 5.02 Å². The van der Waals surface area contributed by atoms with E-state index < -0.39 is 0 Å². The maximum absolute atomic E-state index is 12.4. The SMILES string of the molecule is Cc1c(Cl)cccc1NC(=O)C(C)Sc1ccc(NC(=O)C2CC2)cc1. The number of amides is 2. The number of carbonyl (C=O) groups excluding carboxylic acids is 2. The summed E-state index contributed by atoms with van der Waals surface area (Å²) in [5.41, 5.74) is 2.38. The molecule has 0 saturated heterocycles. The van der Waals surface area contributed by atoms with Crippen LogP contribution in [0.15, 0.2) is 47.4 Å². The molecule has 2 N–H and O–H groups in total. The molecular weight excluding hydrogens is 368 g/mol. The van der Waals surface area contributed by atoms with Crippen molar-refractivity contribution in [1.29, 1.82) is 0 Å². The molecule has 4 nitrogen and oxygen atoms in total. The van der Waals surface area contributed by atoms with Crippen LogP contribution in [-0.2, 0) is 9.59 Å². The van der Waals surface area contributed by atoms with Crippen molar-refractivity contribution >= 4 is 46.6 Å². The van der Waals surface area contributed by atoms with Crippen LogP contribution in [0.5, 0.6) is 0 Å². The highest BCUT2D eigenvalue weighted by Gasteiger charge is 2.29. The summed E-state index contributed by atoms with van der Waals surface area (Å²) in [5.74, 6) is 0.198. The predicted molar refractivity (Wildman–Crippen MR) is 108 cm³/mol. The van der Waals surface area contributed by atoms with Gasteiger partial charge < -0.3 is 10.6 Å². The van der Waals surface area contributed by atoms with E-state index in [2.05, 4.69) is 10.6 Å². The number of thioether (sulfide) groups is 1. The molecule has 6 heteroatoms. The highest BCUT2D eigenvalue weighted by atomic mass is 35.5. The summed E-state index contributed by atoms with van der Waals surface area (Å²) in [6.45, 7) is 3.74. The summed E-state index contributed by atoms with van der Waals surface area (Å²) in [5, 5.41) is 6.21. The van der Waals surface area contributed by atoms with Gasteiger partial charge in [-0.2, -0.15) is 0 Å². The Balaban J connectivity index is 1.56. The fourth-order valence-corrected chi connectivity index (χ4v) is 3.48. The zero-order valence-electron chi connectivity index (χ0n) is 14.7. The minimum absolute atomic E-state index is 0.0773. The minimum atomic E-state index is -0.264. The van der Waals surface area contributed by atoms with E-state index in [0.717, 1.165) is 34.7 Å². The summed E-state index contributed by atoms with van der Waals surface area (Å²) in [7, 11) is 0. The van der Waals surface area contributed by atoms with Gasteiger partial charge in [-0.05, 0) is 68.7 Å². The molecule has 3 rings (SSSR count). The van der Waals surface area contributed by atoms with Gasteiger partial charge in [0.2, 0.25) is 11.8 Å². The number of benzene rings is 2. The third-order valence-electron chi connectivity index (χ3n) is 4.28. The molecule has 0 spiro atoms. The number of hydrogen-bond acceptors (Lipinski definition) is 3. The van der Waals surface area contributed by atoms with Gasteiger partial charge >= 0.3 is 0 Å². The van der Waals surface area contributed by atoms with E-state index in [-0.39, 0.29) is 23.0 Å². The van der Waals surface area contributed by atoms with Crippen LogP contribution >= 0.6 is 23.4 Å². The number of anilines is 2. The summed E-state index contributed by atoms with van der Waals surface area (Å²) in [6.07, 6.45) is 1.97. The smallest absolute Gasteiger partial charge is 0.237 e. The van der Waals surface area contributed by atoms with Crippen molar-refractivity contribution in [2.45, 2.75) is 36.8 Å². The molecule has 2 aromatic carbocycles. The Labute approximate surface area is 162 Å². The summed E-state index contributed by atoms with van der Waals surface area (Å²) >= 11 is 7.56. The molecule has 1 saturated carbocycles. The molecule has 2 aromatic rings. The average Bonchev–Trinajstić information content (AvgIpc) is 3.45. The molecule has 2 amide bonds. The standard InChI is InChI=1S/C20H21ClN2O2S/c1-12-17(21)4-3-5-18(12)23-19(24)13(2)26-16-10-8-15(9-11-16)22-20(25)14-6-7-14/h3-5,8-11,13-14H,6-7H2,1-2H3,(H,22,25)(H,23,24). The van der Waals surface area contributed by atoms with Gasteiger partial charge in [0.25, 0.3) is 0 Å². The normalized spacial score (nSPS) is 14.6. The molecule has 0 radical (unpaired) electrons. The fraction of sp³-hybridized carbons (Fsp3) is 0.300. The van der Waals surface area contributed by atoms with Crippen LogP contribution in [0.1, 0.15) is 25.3 Å². The number of halogens is 1. The molecule has 1 aliphatic rings. The molecule has 0 bridgehead atoms. The van der Waals surface area contributed by atoms with Gasteiger partial charge in [-0.25, -0.2) is 0 Å². The Morgan fingerprint density at radius 3 is 2.46 bits per heavy atom. The molecule has 136 valence electrons. The molecule has 1 aliphatic carbocycles. The summed E-state index contributed by atoms with van der Waals surface area (Å²) in [4.78, 5) is 25.2. The second-order valence-electron chi connectivity index (χ2n) is 6.45. The third-order valence-corrected chi connectivity index (χ3v) is 5.80. The molecular formula is C20H21ClN2O2S. The molecule has 0 heterocycles. The van der Waals surface area contributed by atoms with Crippen LogP contribution in [0, 0.1) is 12.8 Å². The van der Waals surface area contributed by atoms with Crippen molar-refractivity contribution in [3.63, 3.8) is 0 Å². The summed E-state index contributed by atoms with van der Waals surface area (Å²) in [6, 6.07) is 13.0. The lowest BCUT2D eigenvalue weighted by Crippen LogP contribution is -2.22. The largest absolute Gasteiger partial charge is 0.326 e. The first kappa shape index (κ1) is 18.8. The average molecular weight is 389 g/mol. The highest BCUT2D eigenvalue weighted by molar-refractivity contribution is 8.00. The van der Waals surface area contributed by atoms with Crippen molar-refractivity contribution < 1.29 is 9.59 Å². The van der Waals surface area contributed by atoms with Gasteiger partial charge in [-0.15, -0.1) is 11.8 Å². The van der Waals surface area contributed by atoms with Crippen LogP contribution in [0.3, 0.4) is 0 Å². The quantitative estimate of drug-likeness (QED) is 0.675. The van der Waals surface area contributed by atoms with E-state index >= 15 is 0 Å². The van der Waals surface area contributed by atoms with E-state index in [1.165, 1.54) is 11.8 Å². The topological polar surface area (TPSA) is 58.2 Å². The van der Waals surface area contributed by atoms with Gasteiger partial charge in [0.1, 0.15) is 0 Å². The Morgan fingerprint density at radius 2 is 1.81 bits per heavy atom. The van der Waals surface area contributed by atoms with Gasteiger partial charge in [0.15, 0.2) is 0 Å². The fourth-order valence-electron chi connectivity index (χ4n) is 2.44. The van der Waals surface area contributed by atoms with Crippen LogP contribution in [-0.4, -0.2) is 17.1 Å². The molecule has 0 aromatic heterocycles. The van der Waals surface area contributed by atoms with Gasteiger partial charge in [0.05, 0.1) is 5.25 Å². The maximum Gasteiger partial charge on any atom is 0.237 e. The first-order chi connectivity index (χ1) is 12.4. The van der Waals surface area contributed by atoms with Gasteiger partial charge in [-0.3, -0.25) is 9.59 Å². The highest BCUT2D eigenvalue weighted by Crippen LogP contribution is 2.31. The predicted octanol–water partition coefficient (Wildman–Crippen LogP) is 5.12. The number of rotatable bonds is 6. The van der Waals surface area contributed by atoms with Crippen LogP contribution in [0.4, 0.5) is 11.4 Å². The van der Waals surface area contributed by atoms with Gasteiger partial charge in [0, 0.05) is 27.2 Å². The third kappa shape index (κ3) is 4.80. The lowest BCUT2D eigenvalue weighted by molar-refractivity contribution is -0.117. The lowest BCUT2D eigenvalue weighted by Gasteiger charge is -2.14. The molecule has 0 aliphatic heterocycles. The van der Waals surface area contributed by atoms with Crippen molar-refractivity contribution in [2.75, 3.05) is 10.6 Å². The zero-order chi connectivity index (χ0) is 18.7. The molecule has 1 fully saturated rings. The second kappa shape index (κ2) is 8.14. The minimum Gasteiger partial charge on any atom is -0.326 e. The zero-order valence-corrected chi connectivity index (χ0v) is 16.3. The number of hydrogen-bond donors (Lipinski definition) is 2. The number of nitrogens with one attached hydrogen (secondary N) is 2. The first-order valence-electron chi connectivity index (χ1n) is 8.57. The van der Waals surface area contributed by atoms with Crippen LogP contribution in [0.2, 0.25) is 5.02 Å². The van der Waals surface area contributed by atoms with Crippen molar-refractivity contribution in [3.05, 3.63) is 53.1 Å². The molecule has 26 heavy (non-hydrogen) atoms. The molecule has 1 atom stereocenters. The van der Waals surface area contributed by atoms with Crippen molar-refractivity contribution in [3.8, 4) is 0 Å². The van der Waals surface area contributed by atoms with E-state index in [9.17, 15) is 9.59 Å². The van der Waals surface area contributed by atoms with Gasteiger partial charge in [-0.1, -0.05) is 17.7 Å². The van der Waals surface area contributed by atoms with Crippen molar-refractivity contribution in [2.24, 2.45) is 5.92 Å². The Morgan fingerprint density at radius 1 is 1.12 bits per heavy atom. The van der Waals surface area contributed by atoms with E-state index in [4.69, 9.17) is 11.6 Å². The number of carbonyl (C=O) groups is 2. The summed E-state index contributed by atoms with van der Waals surface area (Å²) < 4.78 is 0. The lowest BCUT2D eigenvalue weighted by atomic mass is 10.2. The van der Waals surface area contributed by atoms with Crippen LogP contribution in [0.25, 0.3) is 0 Å². The Kier molecular flexibility index (Phi) is 5.89. The first-order valence-corrected chi connectivity index (χ1v) is 9.83. The van der Waals surface area contributed by atoms with E-state index in [1.807, 2.05) is 50.2 Å². The Bertz CT molecular complexity index is 819.